The van der Waals surface area contributed by atoms with Crippen LogP contribution in [0.5, 0.6) is 0 Å². The van der Waals surface area contributed by atoms with E-state index in [9.17, 15) is 4.79 Å². The predicted molar refractivity (Wildman–Crippen MR) is 145 cm³/mol. The lowest BCUT2D eigenvalue weighted by Crippen LogP contribution is -2.45. The summed E-state index contributed by atoms with van der Waals surface area (Å²) in [6.45, 7) is 2.22. The minimum atomic E-state index is 0. The second-order valence-electron chi connectivity index (χ2n) is 9.92. The number of amidine groups is 1. The molecule has 1 unspecified atom stereocenters. The van der Waals surface area contributed by atoms with E-state index in [1.807, 2.05) is 11.8 Å². The van der Waals surface area contributed by atoms with Gasteiger partial charge >= 0.3 is 0 Å². The van der Waals surface area contributed by atoms with Gasteiger partial charge in [0, 0.05) is 29.9 Å². The molecule has 33 heavy (non-hydrogen) atoms. The summed E-state index contributed by atoms with van der Waals surface area (Å²) in [5, 5.41) is 4.39. The van der Waals surface area contributed by atoms with Crippen LogP contribution < -0.4 is 5.32 Å². The Bertz CT molecular complexity index is 757. The number of nitrogens with zero attached hydrogens (tertiary/aromatic N) is 2. The van der Waals surface area contributed by atoms with Gasteiger partial charge in [0.25, 0.3) is 0 Å². The van der Waals surface area contributed by atoms with Crippen LogP contribution in [0.4, 0.5) is 5.69 Å². The highest BCUT2D eigenvalue weighted by Crippen LogP contribution is 2.35. The first kappa shape index (κ1) is 26.4. The van der Waals surface area contributed by atoms with Crippen molar-refractivity contribution in [1.29, 1.82) is 0 Å². The summed E-state index contributed by atoms with van der Waals surface area (Å²) in [5.74, 6) is 1.13. The quantitative estimate of drug-likeness (QED) is 0.417. The highest BCUT2D eigenvalue weighted by Gasteiger charge is 2.37. The minimum Gasteiger partial charge on any atom is -0.344 e. The highest BCUT2D eigenvalue weighted by atomic mass is 35.5. The average Bonchev–Trinajstić information content (AvgIpc) is 3.21. The van der Waals surface area contributed by atoms with Crippen LogP contribution >= 0.6 is 24.2 Å². The molecule has 1 aliphatic heterocycles. The first-order valence-electron chi connectivity index (χ1n) is 13.1. The maximum atomic E-state index is 13.0. The lowest BCUT2D eigenvalue weighted by Gasteiger charge is -2.37. The molecule has 1 aromatic rings. The number of aliphatic imine (C=N–C) groups is 1. The number of hydrogen-bond acceptors (Lipinski definition) is 3. The third-order valence-corrected chi connectivity index (χ3v) is 8.46. The van der Waals surface area contributed by atoms with Crippen molar-refractivity contribution in [3.05, 3.63) is 29.8 Å². The molecule has 3 aliphatic rings. The highest BCUT2D eigenvalue weighted by molar-refractivity contribution is 8.14. The van der Waals surface area contributed by atoms with Gasteiger partial charge in [-0.2, -0.15) is 0 Å². The number of amides is 1. The van der Waals surface area contributed by atoms with E-state index in [0.29, 0.717) is 18.5 Å². The third kappa shape index (κ3) is 7.65. The van der Waals surface area contributed by atoms with Crippen molar-refractivity contribution in [1.82, 2.24) is 4.90 Å². The Balaban J connectivity index is 0.00000306. The number of rotatable bonds is 8. The predicted octanol–water partition coefficient (Wildman–Crippen LogP) is 7.22. The fourth-order valence-corrected chi connectivity index (χ4v) is 6.78. The Kier molecular flexibility index (Phi) is 10.9. The zero-order chi connectivity index (χ0) is 22.2. The molecule has 1 aromatic carbocycles. The smallest absolute Gasteiger partial charge is 0.226 e. The molecule has 6 heteroatoms. The maximum Gasteiger partial charge on any atom is 0.226 e. The van der Waals surface area contributed by atoms with Gasteiger partial charge in [0.1, 0.15) is 0 Å². The van der Waals surface area contributed by atoms with Gasteiger partial charge in [-0.05, 0) is 56.2 Å². The molecule has 2 saturated carbocycles. The number of nitrogens with one attached hydrogen (secondary N) is 1. The Morgan fingerprint density at radius 1 is 1.03 bits per heavy atom. The van der Waals surface area contributed by atoms with Crippen molar-refractivity contribution in [2.75, 3.05) is 11.1 Å². The van der Waals surface area contributed by atoms with Gasteiger partial charge in [-0.15, -0.1) is 12.4 Å². The van der Waals surface area contributed by atoms with E-state index in [2.05, 4.69) is 41.4 Å². The van der Waals surface area contributed by atoms with E-state index in [0.717, 1.165) is 17.9 Å². The summed E-state index contributed by atoms with van der Waals surface area (Å²) in [5.41, 5.74) is 2.27. The standard InChI is InChI=1S/C27H41N3OS.ClH/c1-2-3-10-21-15-17-23(18-16-21)28-26(31)19-25-20-32-27(29-22-11-6-4-7-12-22)30(25)24-13-8-5-9-14-24;/h15-18,22,24-25H,2-14,19-20H2,1H3,(H,28,31);1H/b29-27-;. The number of halogens is 1. The average molecular weight is 492 g/mol. The summed E-state index contributed by atoms with van der Waals surface area (Å²) in [7, 11) is 0. The number of aryl methyl sites for hydroxylation is 1. The van der Waals surface area contributed by atoms with E-state index < -0.39 is 0 Å². The van der Waals surface area contributed by atoms with E-state index in [1.54, 1.807) is 0 Å². The molecular weight excluding hydrogens is 450 g/mol. The van der Waals surface area contributed by atoms with Crippen molar-refractivity contribution in [3.63, 3.8) is 0 Å². The van der Waals surface area contributed by atoms with Crippen LogP contribution in [-0.2, 0) is 11.2 Å². The van der Waals surface area contributed by atoms with Gasteiger partial charge in [-0.25, -0.2) is 0 Å². The lowest BCUT2D eigenvalue weighted by atomic mass is 9.93. The van der Waals surface area contributed by atoms with Crippen LogP contribution in [0.1, 0.15) is 96.0 Å². The number of benzene rings is 1. The van der Waals surface area contributed by atoms with Crippen LogP contribution in [0.3, 0.4) is 0 Å². The molecule has 0 bridgehead atoms. The Labute approximate surface area is 211 Å². The molecular formula is C27H42ClN3OS. The molecule has 0 radical (unpaired) electrons. The van der Waals surface area contributed by atoms with Crippen molar-refractivity contribution in [2.24, 2.45) is 4.99 Å². The van der Waals surface area contributed by atoms with Gasteiger partial charge in [-0.3, -0.25) is 9.79 Å². The van der Waals surface area contributed by atoms with Gasteiger partial charge in [-0.1, -0.05) is 75.8 Å². The largest absolute Gasteiger partial charge is 0.344 e. The summed E-state index contributed by atoms with van der Waals surface area (Å²) in [6, 6.07) is 9.75. The second-order valence-corrected chi connectivity index (χ2v) is 10.9. The van der Waals surface area contributed by atoms with Crippen LogP contribution in [0.25, 0.3) is 0 Å². The molecule has 2 aliphatic carbocycles. The van der Waals surface area contributed by atoms with Gasteiger partial charge in [0.15, 0.2) is 5.17 Å². The number of hydrogen-bond donors (Lipinski definition) is 1. The monoisotopic (exact) mass is 491 g/mol. The van der Waals surface area contributed by atoms with E-state index in [-0.39, 0.29) is 24.4 Å². The van der Waals surface area contributed by atoms with Crippen LogP contribution in [0.2, 0.25) is 0 Å². The van der Waals surface area contributed by atoms with Crippen molar-refractivity contribution in [3.8, 4) is 0 Å². The number of unbranched alkanes of at least 4 members (excludes halogenated alkanes) is 1. The summed E-state index contributed by atoms with van der Waals surface area (Å²) >= 11 is 1.90. The normalized spacial score (nSPS) is 23.5. The number of thioether (sulfide) groups is 1. The molecule has 4 rings (SSSR count). The lowest BCUT2D eigenvalue weighted by molar-refractivity contribution is -0.117. The first-order chi connectivity index (χ1) is 15.7. The van der Waals surface area contributed by atoms with Gasteiger partial charge < -0.3 is 10.2 Å². The molecule has 0 spiro atoms. The van der Waals surface area contributed by atoms with E-state index >= 15 is 0 Å². The summed E-state index contributed by atoms with van der Waals surface area (Å²) in [4.78, 5) is 20.8. The Morgan fingerprint density at radius 2 is 1.70 bits per heavy atom. The molecule has 184 valence electrons. The van der Waals surface area contributed by atoms with E-state index in [4.69, 9.17) is 4.99 Å². The van der Waals surface area contributed by atoms with Crippen LogP contribution in [-0.4, -0.2) is 39.9 Å². The zero-order valence-corrected chi connectivity index (χ0v) is 21.9. The molecule has 0 aromatic heterocycles. The molecule has 1 heterocycles. The minimum absolute atomic E-state index is 0. The summed E-state index contributed by atoms with van der Waals surface area (Å²) < 4.78 is 0. The van der Waals surface area contributed by atoms with Crippen LogP contribution in [0.15, 0.2) is 29.3 Å². The Morgan fingerprint density at radius 3 is 2.36 bits per heavy atom. The number of carbonyl (C=O) groups is 1. The molecule has 1 N–H and O–H groups in total. The molecule has 3 fully saturated rings. The second kappa shape index (κ2) is 13.6. The fraction of sp³-hybridized carbons (Fsp3) is 0.704. The Hall–Kier alpha value is -1.20. The van der Waals surface area contributed by atoms with Crippen molar-refractivity contribution in [2.45, 2.75) is 115 Å². The SMILES string of the molecule is CCCCc1ccc(NC(=O)CC2CS/C(=N\C3CCCCC3)N2C2CCCCC2)cc1.Cl. The molecule has 1 atom stereocenters. The van der Waals surface area contributed by atoms with E-state index in [1.165, 1.54) is 87.8 Å². The van der Waals surface area contributed by atoms with Crippen molar-refractivity contribution < 1.29 is 4.79 Å². The number of carbonyl (C=O) groups excluding carboxylic acids is 1. The fourth-order valence-electron chi connectivity index (χ4n) is 5.48. The number of anilines is 1. The van der Waals surface area contributed by atoms with Gasteiger partial charge in [0.2, 0.25) is 5.91 Å². The topological polar surface area (TPSA) is 44.7 Å². The third-order valence-electron chi connectivity index (χ3n) is 7.33. The maximum absolute atomic E-state index is 13.0. The molecule has 1 amide bonds. The summed E-state index contributed by atoms with van der Waals surface area (Å²) in [6.07, 6.45) is 17.1. The molecule has 1 saturated heterocycles. The van der Waals surface area contributed by atoms with Gasteiger partial charge in [0.05, 0.1) is 6.04 Å². The zero-order valence-electron chi connectivity index (χ0n) is 20.3. The van der Waals surface area contributed by atoms with Crippen molar-refractivity contribution >= 4 is 40.9 Å². The molecule has 4 nitrogen and oxygen atoms in total. The van der Waals surface area contributed by atoms with Crippen LogP contribution in [0, 0.1) is 0 Å². The first-order valence-corrected chi connectivity index (χ1v) is 14.1.